The molecule has 0 aromatic rings. The number of carboxylic acid groups (broad SMARTS) is 1. The van der Waals surface area contributed by atoms with Crippen LogP contribution in [-0.2, 0) is 4.79 Å². The summed E-state index contributed by atoms with van der Waals surface area (Å²) in [5.74, 6) is -0.845. The van der Waals surface area contributed by atoms with Gasteiger partial charge in [-0.3, -0.25) is 4.79 Å². The molecule has 5 nitrogen and oxygen atoms in total. The number of nitrogens with zero attached hydrogens (tertiary/aromatic N) is 1. The van der Waals surface area contributed by atoms with Crippen LogP contribution in [0.4, 0.5) is 4.79 Å². The first kappa shape index (κ1) is 15.1. The molecular weight excluding hydrogens is 256 g/mol. The summed E-state index contributed by atoms with van der Waals surface area (Å²) in [6, 6.07) is 0.175. The lowest BCUT2D eigenvalue weighted by Crippen LogP contribution is -2.46. The number of carbonyl (C=O) groups excluding carboxylic acids is 1. The van der Waals surface area contributed by atoms with Gasteiger partial charge in [0.15, 0.2) is 0 Å². The minimum atomic E-state index is -0.845. The molecule has 0 saturated heterocycles. The van der Waals surface area contributed by atoms with Gasteiger partial charge in [-0.25, -0.2) is 4.79 Å². The normalized spacial score (nSPS) is 21.2. The SMILES string of the molecule is CC1(CNC(=O)N(CCC(=O)O)C2CC2)CCCCC1. The molecule has 0 bridgehead atoms. The van der Waals surface area contributed by atoms with E-state index in [1.807, 2.05) is 0 Å². The molecule has 2 rings (SSSR count). The molecule has 0 aliphatic heterocycles. The van der Waals surface area contributed by atoms with Crippen LogP contribution in [-0.4, -0.2) is 41.1 Å². The van der Waals surface area contributed by atoms with Gasteiger partial charge in [0, 0.05) is 19.1 Å². The summed E-state index contributed by atoms with van der Waals surface area (Å²) in [7, 11) is 0. The molecule has 0 radical (unpaired) electrons. The summed E-state index contributed by atoms with van der Waals surface area (Å²) in [6.45, 7) is 3.27. The van der Waals surface area contributed by atoms with E-state index in [-0.39, 0.29) is 23.9 Å². The summed E-state index contributed by atoms with van der Waals surface area (Å²) >= 11 is 0. The molecule has 2 N–H and O–H groups in total. The molecule has 0 atom stereocenters. The maximum absolute atomic E-state index is 12.2. The Kier molecular flexibility index (Phi) is 4.89. The molecule has 0 aromatic carbocycles. The number of hydrogen-bond donors (Lipinski definition) is 2. The van der Waals surface area contributed by atoms with E-state index in [0.717, 1.165) is 12.8 Å². The molecule has 2 aliphatic rings. The Morgan fingerprint density at radius 1 is 1.25 bits per heavy atom. The number of urea groups is 1. The van der Waals surface area contributed by atoms with Crippen LogP contribution in [0.15, 0.2) is 0 Å². The second-order valence-electron chi connectivity index (χ2n) is 6.60. The third-order valence-corrected chi connectivity index (χ3v) is 4.54. The van der Waals surface area contributed by atoms with Crippen molar-refractivity contribution >= 4 is 12.0 Å². The molecular formula is C15H26N2O3. The molecule has 2 amide bonds. The standard InChI is InChI=1S/C15H26N2O3/c1-15(8-3-2-4-9-15)11-16-14(20)17(12-5-6-12)10-7-13(18)19/h12H,2-11H2,1H3,(H,16,20)(H,18,19). The van der Waals surface area contributed by atoms with Crippen LogP contribution in [0.25, 0.3) is 0 Å². The molecule has 2 saturated carbocycles. The molecule has 20 heavy (non-hydrogen) atoms. The van der Waals surface area contributed by atoms with Crippen LogP contribution in [0.5, 0.6) is 0 Å². The number of aliphatic carboxylic acids is 1. The molecule has 0 spiro atoms. The van der Waals surface area contributed by atoms with Crippen LogP contribution in [0, 0.1) is 5.41 Å². The van der Waals surface area contributed by atoms with Crippen molar-refractivity contribution in [3.63, 3.8) is 0 Å². The number of carbonyl (C=O) groups is 2. The Bertz CT molecular complexity index is 360. The van der Waals surface area contributed by atoms with Gasteiger partial charge in [-0.1, -0.05) is 26.2 Å². The quantitative estimate of drug-likeness (QED) is 0.786. The van der Waals surface area contributed by atoms with Crippen molar-refractivity contribution < 1.29 is 14.7 Å². The Hall–Kier alpha value is -1.26. The second-order valence-corrected chi connectivity index (χ2v) is 6.60. The highest BCUT2D eigenvalue weighted by Crippen LogP contribution is 2.35. The molecule has 5 heteroatoms. The van der Waals surface area contributed by atoms with Crippen LogP contribution >= 0.6 is 0 Å². The molecule has 0 heterocycles. The van der Waals surface area contributed by atoms with Gasteiger partial charge < -0.3 is 15.3 Å². The van der Waals surface area contributed by atoms with E-state index in [1.54, 1.807) is 4.90 Å². The third kappa shape index (κ3) is 4.39. The molecule has 2 fully saturated rings. The van der Waals surface area contributed by atoms with E-state index in [0.29, 0.717) is 13.1 Å². The van der Waals surface area contributed by atoms with Crippen LogP contribution in [0.1, 0.15) is 58.3 Å². The van der Waals surface area contributed by atoms with E-state index in [9.17, 15) is 9.59 Å². The van der Waals surface area contributed by atoms with E-state index in [2.05, 4.69) is 12.2 Å². The van der Waals surface area contributed by atoms with Crippen molar-refractivity contribution in [2.24, 2.45) is 5.41 Å². The highest BCUT2D eigenvalue weighted by Gasteiger charge is 2.34. The summed E-state index contributed by atoms with van der Waals surface area (Å²) in [6.07, 6.45) is 8.18. The van der Waals surface area contributed by atoms with Gasteiger partial charge in [0.1, 0.15) is 0 Å². The average Bonchev–Trinajstić information content (AvgIpc) is 3.22. The van der Waals surface area contributed by atoms with Crippen molar-refractivity contribution in [3.05, 3.63) is 0 Å². The summed E-state index contributed by atoms with van der Waals surface area (Å²) in [4.78, 5) is 24.6. The lowest BCUT2D eigenvalue weighted by molar-refractivity contribution is -0.137. The molecule has 114 valence electrons. The third-order valence-electron chi connectivity index (χ3n) is 4.54. The van der Waals surface area contributed by atoms with Crippen LogP contribution < -0.4 is 5.32 Å². The Morgan fingerprint density at radius 2 is 1.90 bits per heavy atom. The van der Waals surface area contributed by atoms with Gasteiger partial charge in [0.25, 0.3) is 0 Å². The highest BCUT2D eigenvalue weighted by atomic mass is 16.4. The van der Waals surface area contributed by atoms with E-state index in [4.69, 9.17) is 5.11 Å². The highest BCUT2D eigenvalue weighted by molar-refractivity contribution is 5.76. The van der Waals surface area contributed by atoms with Crippen molar-refractivity contribution in [1.82, 2.24) is 10.2 Å². The monoisotopic (exact) mass is 282 g/mol. The number of hydrogen-bond acceptors (Lipinski definition) is 2. The summed E-state index contributed by atoms with van der Waals surface area (Å²) < 4.78 is 0. The van der Waals surface area contributed by atoms with E-state index >= 15 is 0 Å². The Labute approximate surface area is 120 Å². The van der Waals surface area contributed by atoms with Crippen molar-refractivity contribution in [2.45, 2.75) is 64.3 Å². The zero-order chi connectivity index (χ0) is 14.6. The van der Waals surface area contributed by atoms with E-state index in [1.165, 1.54) is 32.1 Å². The van der Waals surface area contributed by atoms with E-state index < -0.39 is 5.97 Å². The first-order chi connectivity index (χ1) is 9.50. The van der Waals surface area contributed by atoms with Crippen LogP contribution in [0.3, 0.4) is 0 Å². The van der Waals surface area contributed by atoms with Gasteiger partial charge in [0.2, 0.25) is 0 Å². The number of nitrogens with one attached hydrogen (secondary N) is 1. The van der Waals surface area contributed by atoms with Gasteiger partial charge in [0.05, 0.1) is 6.42 Å². The summed E-state index contributed by atoms with van der Waals surface area (Å²) in [5.41, 5.74) is 0.218. The minimum Gasteiger partial charge on any atom is -0.481 e. The largest absolute Gasteiger partial charge is 0.481 e. The maximum atomic E-state index is 12.2. The molecule has 2 aliphatic carbocycles. The minimum absolute atomic E-state index is 0.0290. The number of rotatable bonds is 6. The summed E-state index contributed by atoms with van der Waals surface area (Å²) in [5, 5.41) is 11.8. The lowest BCUT2D eigenvalue weighted by Gasteiger charge is -2.34. The Morgan fingerprint density at radius 3 is 2.45 bits per heavy atom. The first-order valence-corrected chi connectivity index (χ1v) is 7.76. The smallest absolute Gasteiger partial charge is 0.317 e. The maximum Gasteiger partial charge on any atom is 0.317 e. The van der Waals surface area contributed by atoms with Crippen molar-refractivity contribution in [3.8, 4) is 0 Å². The predicted molar refractivity (Wildman–Crippen MR) is 76.6 cm³/mol. The Balaban J connectivity index is 1.80. The zero-order valence-corrected chi connectivity index (χ0v) is 12.4. The fraction of sp³-hybridized carbons (Fsp3) is 0.867. The number of amides is 2. The topological polar surface area (TPSA) is 69.6 Å². The number of carboxylic acids is 1. The second kappa shape index (κ2) is 6.46. The van der Waals surface area contributed by atoms with Crippen molar-refractivity contribution in [2.75, 3.05) is 13.1 Å². The molecule has 0 unspecified atom stereocenters. The zero-order valence-electron chi connectivity index (χ0n) is 12.4. The predicted octanol–water partition coefficient (Wildman–Crippen LogP) is 2.61. The fourth-order valence-corrected chi connectivity index (χ4v) is 3.02. The first-order valence-electron chi connectivity index (χ1n) is 7.76. The van der Waals surface area contributed by atoms with Gasteiger partial charge in [-0.2, -0.15) is 0 Å². The molecule has 0 aromatic heterocycles. The average molecular weight is 282 g/mol. The van der Waals surface area contributed by atoms with Gasteiger partial charge >= 0.3 is 12.0 Å². The van der Waals surface area contributed by atoms with Gasteiger partial charge in [-0.15, -0.1) is 0 Å². The van der Waals surface area contributed by atoms with Crippen molar-refractivity contribution in [1.29, 1.82) is 0 Å². The fourth-order valence-electron chi connectivity index (χ4n) is 3.02. The lowest BCUT2D eigenvalue weighted by atomic mass is 9.76. The van der Waals surface area contributed by atoms with Crippen LogP contribution in [0.2, 0.25) is 0 Å². The van der Waals surface area contributed by atoms with Gasteiger partial charge in [-0.05, 0) is 31.1 Å².